The van der Waals surface area contributed by atoms with Crippen LogP contribution in [-0.4, -0.2) is 52.3 Å². The van der Waals surface area contributed by atoms with Gasteiger partial charge >= 0.3 is 0 Å². The highest BCUT2D eigenvalue weighted by Gasteiger charge is 2.26. The molecule has 4 heterocycles. The summed E-state index contributed by atoms with van der Waals surface area (Å²) in [6, 6.07) is 0. The fraction of sp³-hybridized carbons (Fsp3) is 0.588. The first-order valence-corrected chi connectivity index (χ1v) is 9.89. The van der Waals surface area contributed by atoms with Gasteiger partial charge in [0.2, 0.25) is 5.95 Å². The molecule has 1 N–H and O–H groups in total. The van der Waals surface area contributed by atoms with E-state index in [0.717, 1.165) is 35.9 Å². The fourth-order valence-electron chi connectivity index (χ4n) is 4.14. The minimum Gasteiger partial charge on any atom is -0.332 e. The molecule has 1 aliphatic heterocycles. The van der Waals surface area contributed by atoms with Crippen LogP contribution in [0.1, 0.15) is 30.2 Å². The summed E-state index contributed by atoms with van der Waals surface area (Å²) in [7, 11) is 0. The zero-order valence-electron chi connectivity index (χ0n) is 14.1. The molecule has 7 heteroatoms. The van der Waals surface area contributed by atoms with Crippen molar-refractivity contribution in [3.8, 4) is 0 Å². The number of hydrogen-bond acceptors (Lipinski definition) is 5. The number of aryl methyl sites for hydroxylation is 2. The first-order valence-electron chi connectivity index (χ1n) is 9.07. The average molecular weight is 343 g/mol. The standard InChI is InChI=1S/C17H22N6S/c1-2-21-7-9-22(10-8-21)17-20-16-14(15-18-11-19-23(15)17)12-5-3-4-6-13(12)24-16/h11H,2-10H2,1H3/p+1. The molecule has 0 amide bonds. The number of aromatic nitrogens is 4. The van der Waals surface area contributed by atoms with Crippen molar-refractivity contribution >= 4 is 33.1 Å². The van der Waals surface area contributed by atoms with Crippen LogP contribution in [0.5, 0.6) is 0 Å². The fourth-order valence-corrected chi connectivity index (χ4v) is 5.39. The van der Waals surface area contributed by atoms with E-state index < -0.39 is 0 Å². The van der Waals surface area contributed by atoms with Crippen LogP contribution in [0.15, 0.2) is 6.33 Å². The Morgan fingerprint density at radius 3 is 2.88 bits per heavy atom. The highest BCUT2D eigenvalue weighted by molar-refractivity contribution is 7.19. The lowest BCUT2D eigenvalue weighted by Crippen LogP contribution is -3.14. The van der Waals surface area contributed by atoms with Gasteiger partial charge in [-0.2, -0.15) is 9.61 Å². The molecule has 2 aliphatic rings. The van der Waals surface area contributed by atoms with Gasteiger partial charge in [-0.05, 0) is 38.2 Å². The Morgan fingerprint density at radius 2 is 2.04 bits per heavy atom. The lowest BCUT2D eigenvalue weighted by molar-refractivity contribution is -0.898. The van der Waals surface area contributed by atoms with Gasteiger partial charge in [0.25, 0.3) is 0 Å². The molecular formula is C17H23N6S+. The second-order valence-electron chi connectivity index (χ2n) is 6.89. The van der Waals surface area contributed by atoms with Crippen LogP contribution in [-0.2, 0) is 12.8 Å². The minimum absolute atomic E-state index is 0.976. The van der Waals surface area contributed by atoms with Crippen LogP contribution in [0, 0.1) is 0 Å². The molecule has 0 bridgehead atoms. The smallest absolute Gasteiger partial charge is 0.230 e. The number of rotatable bonds is 2. The maximum Gasteiger partial charge on any atom is 0.230 e. The third kappa shape index (κ3) is 2.14. The molecule has 5 rings (SSSR count). The summed E-state index contributed by atoms with van der Waals surface area (Å²) in [6.07, 6.45) is 6.63. The topological polar surface area (TPSA) is 50.8 Å². The number of fused-ring (bicyclic) bond motifs is 5. The molecule has 1 fully saturated rings. The third-order valence-electron chi connectivity index (χ3n) is 5.57. The second kappa shape index (κ2) is 5.67. The van der Waals surface area contributed by atoms with Crippen LogP contribution in [0.25, 0.3) is 15.9 Å². The van der Waals surface area contributed by atoms with Crippen molar-refractivity contribution in [2.45, 2.75) is 32.6 Å². The van der Waals surface area contributed by atoms with E-state index in [1.165, 1.54) is 54.7 Å². The summed E-state index contributed by atoms with van der Waals surface area (Å²) < 4.78 is 1.97. The molecule has 3 aromatic rings. The lowest BCUT2D eigenvalue weighted by Gasteiger charge is -2.32. The molecule has 0 saturated carbocycles. The van der Waals surface area contributed by atoms with E-state index in [1.807, 2.05) is 15.9 Å². The van der Waals surface area contributed by atoms with Crippen LogP contribution in [0.2, 0.25) is 0 Å². The molecular weight excluding hydrogens is 320 g/mol. The summed E-state index contributed by atoms with van der Waals surface area (Å²) >= 11 is 1.88. The van der Waals surface area contributed by atoms with Crippen molar-refractivity contribution in [1.29, 1.82) is 0 Å². The van der Waals surface area contributed by atoms with Gasteiger partial charge < -0.3 is 9.80 Å². The Kier molecular flexibility index (Phi) is 3.45. The minimum atomic E-state index is 0.976. The average Bonchev–Trinajstić information content (AvgIpc) is 3.24. The molecule has 0 spiro atoms. The maximum atomic E-state index is 5.05. The summed E-state index contributed by atoms with van der Waals surface area (Å²) in [4.78, 5) is 16.4. The van der Waals surface area contributed by atoms with Gasteiger partial charge in [-0.3, -0.25) is 0 Å². The second-order valence-corrected chi connectivity index (χ2v) is 7.97. The van der Waals surface area contributed by atoms with Crippen LogP contribution >= 0.6 is 11.3 Å². The van der Waals surface area contributed by atoms with E-state index in [-0.39, 0.29) is 0 Å². The van der Waals surface area contributed by atoms with Gasteiger partial charge in [0, 0.05) is 4.88 Å². The lowest BCUT2D eigenvalue weighted by atomic mass is 9.97. The number of hydrogen-bond donors (Lipinski definition) is 1. The highest BCUT2D eigenvalue weighted by Crippen LogP contribution is 2.38. The van der Waals surface area contributed by atoms with Gasteiger partial charge in [0.1, 0.15) is 11.2 Å². The monoisotopic (exact) mass is 343 g/mol. The Bertz CT molecular complexity index is 889. The number of thiophene rings is 1. The van der Waals surface area contributed by atoms with Crippen molar-refractivity contribution in [2.24, 2.45) is 0 Å². The largest absolute Gasteiger partial charge is 0.332 e. The Labute approximate surface area is 145 Å². The highest BCUT2D eigenvalue weighted by atomic mass is 32.1. The van der Waals surface area contributed by atoms with Crippen LogP contribution < -0.4 is 9.80 Å². The van der Waals surface area contributed by atoms with Crippen molar-refractivity contribution in [1.82, 2.24) is 19.6 Å². The van der Waals surface area contributed by atoms with E-state index in [9.17, 15) is 0 Å². The van der Waals surface area contributed by atoms with E-state index >= 15 is 0 Å². The number of nitrogens with one attached hydrogen (secondary N) is 1. The quantitative estimate of drug-likeness (QED) is 0.752. The molecule has 126 valence electrons. The van der Waals surface area contributed by atoms with Crippen molar-refractivity contribution < 1.29 is 4.90 Å². The summed E-state index contributed by atoms with van der Waals surface area (Å²) in [5, 5.41) is 5.77. The van der Waals surface area contributed by atoms with Crippen molar-refractivity contribution in [2.75, 3.05) is 37.6 Å². The first-order chi connectivity index (χ1) is 11.8. The van der Waals surface area contributed by atoms with Crippen LogP contribution in [0.3, 0.4) is 0 Å². The molecule has 1 saturated heterocycles. The molecule has 0 atom stereocenters. The molecule has 6 nitrogen and oxygen atoms in total. The molecule has 3 aromatic heterocycles. The molecule has 1 aliphatic carbocycles. The van der Waals surface area contributed by atoms with Gasteiger partial charge in [0.15, 0.2) is 5.65 Å². The molecule has 0 radical (unpaired) electrons. The van der Waals surface area contributed by atoms with Gasteiger partial charge in [-0.1, -0.05) is 0 Å². The normalized spacial score (nSPS) is 19.3. The predicted molar refractivity (Wildman–Crippen MR) is 96.3 cm³/mol. The number of likely N-dealkylation sites (N-methyl/N-ethyl adjacent to an activating group) is 1. The molecule has 0 unspecified atom stereocenters. The molecule has 24 heavy (non-hydrogen) atoms. The SMILES string of the molecule is CC[NH+]1CCN(c2nc3sc4c(c3c3ncnn23)CCCC4)CC1. The maximum absolute atomic E-state index is 5.05. The van der Waals surface area contributed by atoms with E-state index in [0.29, 0.717) is 0 Å². The van der Waals surface area contributed by atoms with Gasteiger partial charge in [-0.25, -0.2) is 9.97 Å². The third-order valence-corrected chi connectivity index (χ3v) is 6.75. The van der Waals surface area contributed by atoms with Crippen LogP contribution in [0.4, 0.5) is 5.95 Å². The van der Waals surface area contributed by atoms with E-state index in [2.05, 4.69) is 21.9 Å². The summed E-state index contributed by atoms with van der Waals surface area (Å²) in [6.45, 7) is 7.90. The van der Waals surface area contributed by atoms with E-state index in [4.69, 9.17) is 4.98 Å². The number of anilines is 1. The Hall–Kier alpha value is -1.73. The number of piperazine rings is 1. The molecule has 0 aromatic carbocycles. The van der Waals surface area contributed by atoms with Gasteiger partial charge in [0.05, 0.1) is 38.1 Å². The zero-order valence-corrected chi connectivity index (χ0v) is 14.9. The Balaban J connectivity index is 1.65. The predicted octanol–water partition coefficient (Wildman–Crippen LogP) is 0.943. The van der Waals surface area contributed by atoms with Crippen molar-refractivity contribution in [3.63, 3.8) is 0 Å². The first kappa shape index (κ1) is 14.6. The summed E-state index contributed by atoms with van der Waals surface area (Å²) in [5.41, 5.74) is 2.48. The van der Waals surface area contributed by atoms with Crippen molar-refractivity contribution in [3.05, 3.63) is 16.8 Å². The summed E-state index contributed by atoms with van der Waals surface area (Å²) in [5.74, 6) is 0.976. The van der Waals surface area contributed by atoms with E-state index in [1.54, 1.807) is 11.2 Å². The Morgan fingerprint density at radius 1 is 1.21 bits per heavy atom. The van der Waals surface area contributed by atoms with Gasteiger partial charge in [-0.15, -0.1) is 11.3 Å². The number of quaternary nitrogens is 1. The number of nitrogens with zero attached hydrogens (tertiary/aromatic N) is 5. The zero-order chi connectivity index (χ0) is 16.1.